The van der Waals surface area contributed by atoms with Crippen molar-refractivity contribution in [2.45, 2.75) is 31.1 Å². The van der Waals surface area contributed by atoms with Crippen molar-refractivity contribution in [2.24, 2.45) is 0 Å². The summed E-state index contributed by atoms with van der Waals surface area (Å²) in [6.07, 6.45) is 3.71. The van der Waals surface area contributed by atoms with Gasteiger partial charge in [-0.15, -0.1) is 0 Å². The average molecular weight is 501 g/mol. The van der Waals surface area contributed by atoms with E-state index in [4.69, 9.17) is 32.9 Å². The fourth-order valence-electron chi connectivity index (χ4n) is 5.48. The van der Waals surface area contributed by atoms with Crippen molar-refractivity contribution in [3.8, 4) is 11.1 Å². The minimum absolute atomic E-state index is 0.152. The van der Waals surface area contributed by atoms with Crippen molar-refractivity contribution in [2.75, 3.05) is 13.1 Å². The van der Waals surface area contributed by atoms with Gasteiger partial charge in [-0.2, -0.15) is 0 Å². The van der Waals surface area contributed by atoms with Crippen molar-refractivity contribution in [1.29, 1.82) is 0 Å². The summed E-state index contributed by atoms with van der Waals surface area (Å²) in [7, 11) is 0. The zero-order valence-corrected chi connectivity index (χ0v) is 20.8. The molecule has 4 aromatic rings. The molecule has 3 aromatic carbocycles. The van der Waals surface area contributed by atoms with Crippen molar-refractivity contribution in [3.05, 3.63) is 124 Å². The molecule has 3 nitrogen and oxygen atoms in total. The first-order valence-electron chi connectivity index (χ1n) is 12.1. The molecular weight excluding hydrogens is 475 g/mol. The van der Waals surface area contributed by atoms with E-state index in [9.17, 15) is 0 Å². The van der Waals surface area contributed by atoms with Gasteiger partial charge in [-0.1, -0.05) is 83.9 Å². The summed E-state index contributed by atoms with van der Waals surface area (Å²) in [4.78, 5) is 7.22. The third-order valence-corrected chi connectivity index (χ3v) is 7.68. The number of hydrogen-bond acceptors (Lipinski definition) is 3. The Bertz CT molecular complexity index is 1310. The summed E-state index contributed by atoms with van der Waals surface area (Å²) < 4.78 is 6.86. The van der Waals surface area contributed by atoms with Crippen LogP contribution < -0.4 is 0 Å². The maximum Gasteiger partial charge on any atom is 0.109 e. The van der Waals surface area contributed by atoms with Crippen LogP contribution in [0.15, 0.2) is 91.1 Å². The molecule has 1 saturated heterocycles. The summed E-state index contributed by atoms with van der Waals surface area (Å²) in [6.45, 7) is 2.76. The Morgan fingerprint density at radius 2 is 1.54 bits per heavy atom. The lowest BCUT2D eigenvalue weighted by atomic mass is 9.83. The first-order valence-corrected chi connectivity index (χ1v) is 12.8. The Hall–Kier alpha value is -2.69. The average Bonchev–Trinajstić information content (AvgIpc) is 3.20. The Morgan fingerprint density at radius 3 is 2.26 bits per heavy atom. The van der Waals surface area contributed by atoms with Crippen LogP contribution in [0.2, 0.25) is 10.0 Å². The lowest BCUT2D eigenvalue weighted by Crippen LogP contribution is -2.42. The number of fused-ring (bicyclic) bond motifs is 2. The molecule has 0 saturated carbocycles. The Balaban J connectivity index is 1.17. The standard InChI is InChI=1S/C30H26Cl2N2O/c31-24-16-23(17-25(32)18-24)29-27-8-4-5-9-28(27)30(35-29)12-14-34(15-13-30)20-26-11-10-22(19-33-26)21-6-2-1-3-7-21/h1-11,16-19,29H,12-15,20H2. The number of aromatic nitrogens is 1. The van der Waals surface area contributed by atoms with E-state index in [1.807, 2.05) is 24.4 Å². The van der Waals surface area contributed by atoms with Crippen molar-refractivity contribution < 1.29 is 4.74 Å². The summed E-state index contributed by atoms with van der Waals surface area (Å²) >= 11 is 12.6. The molecule has 35 heavy (non-hydrogen) atoms. The molecule has 6 rings (SSSR count). The normalized spacial score (nSPS) is 19.1. The van der Waals surface area contributed by atoms with E-state index in [1.54, 1.807) is 6.07 Å². The second-order valence-electron chi connectivity index (χ2n) is 9.46. The van der Waals surface area contributed by atoms with E-state index in [1.165, 1.54) is 16.7 Å². The van der Waals surface area contributed by atoms with Gasteiger partial charge in [0.2, 0.25) is 0 Å². The lowest BCUT2D eigenvalue weighted by Gasteiger charge is -2.39. The molecule has 176 valence electrons. The van der Waals surface area contributed by atoms with Gasteiger partial charge < -0.3 is 4.74 Å². The summed E-state index contributed by atoms with van der Waals surface area (Å²) in [5.41, 5.74) is 6.69. The number of ether oxygens (including phenoxy) is 1. The van der Waals surface area contributed by atoms with E-state index >= 15 is 0 Å². The van der Waals surface area contributed by atoms with Gasteiger partial charge in [0, 0.05) is 41.4 Å². The minimum atomic E-state index is -0.281. The molecule has 2 aliphatic rings. The number of piperidine rings is 1. The number of hydrogen-bond donors (Lipinski definition) is 0. The summed E-state index contributed by atoms with van der Waals surface area (Å²) in [5, 5.41) is 1.27. The molecule has 1 atom stereocenters. The monoisotopic (exact) mass is 500 g/mol. The Morgan fingerprint density at radius 1 is 0.829 bits per heavy atom. The Kier molecular flexibility index (Phi) is 6.11. The van der Waals surface area contributed by atoms with Crippen LogP contribution in [0, 0.1) is 0 Å². The van der Waals surface area contributed by atoms with Crippen LogP contribution in [0.5, 0.6) is 0 Å². The quantitative estimate of drug-likeness (QED) is 0.287. The number of likely N-dealkylation sites (tertiary alicyclic amines) is 1. The largest absolute Gasteiger partial charge is 0.358 e. The van der Waals surface area contributed by atoms with Crippen LogP contribution in [-0.4, -0.2) is 23.0 Å². The van der Waals surface area contributed by atoms with Gasteiger partial charge in [-0.05, 0) is 59.4 Å². The van der Waals surface area contributed by atoms with E-state index < -0.39 is 0 Å². The number of halogens is 2. The number of benzene rings is 3. The van der Waals surface area contributed by atoms with Gasteiger partial charge in [0.25, 0.3) is 0 Å². The predicted octanol–water partition coefficient (Wildman–Crippen LogP) is 7.67. The highest BCUT2D eigenvalue weighted by molar-refractivity contribution is 6.34. The van der Waals surface area contributed by atoms with E-state index in [2.05, 4.69) is 65.6 Å². The fourth-order valence-corrected chi connectivity index (χ4v) is 6.02. The SMILES string of the molecule is Clc1cc(Cl)cc(C2OC3(CCN(Cc4ccc(-c5ccccc5)cn4)CC3)c3ccccc32)c1. The minimum Gasteiger partial charge on any atom is -0.358 e. The molecule has 0 amide bonds. The van der Waals surface area contributed by atoms with Crippen LogP contribution in [0.4, 0.5) is 0 Å². The van der Waals surface area contributed by atoms with Gasteiger partial charge in [0.15, 0.2) is 0 Å². The zero-order chi connectivity index (χ0) is 23.8. The third-order valence-electron chi connectivity index (χ3n) is 7.25. The molecule has 1 unspecified atom stereocenters. The molecule has 0 radical (unpaired) electrons. The first kappa shape index (κ1) is 22.8. The molecule has 3 heterocycles. The van der Waals surface area contributed by atoms with Crippen molar-refractivity contribution in [1.82, 2.24) is 9.88 Å². The number of nitrogens with zero attached hydrogens (tertiary/aromatic N) is 2. The van der Waals surface area contributed by atoms with Gasteiger partial charge in [-0.25, -0.2) is 0 Å². The number of rotatable bonds is 4. The van der Waals surface area contributed by atoms with Crippen LogP contribution in [-0.2, 0) is 16.9 Å². The van der Waals surface area contributed by atoms with E-state index in [0.717, 1.165) is 49.3 Å². The highest BCUT2D eigenvalue weighted by Crippen LogP contribution is 2.51. The molecule has 2 aliphatic heterocycles. The molecule has 0 N–H and O–H groups in total. The molecular formula is C30H26Cl2N2O. The van der Waals surface area contributed by atoms with Crippen molar-refractivity contribution in [3.63, 3.8) is 0 Å². The molecule has 0 bridgehead atoms. The highest BCUT2D eigenvalue weighted by Gasteiger charge is 2.47. The van der Waals surface area contributed by atoms with Crippen LogP contribution in [0.3, 0.4) is 0 Å². The predicted molar refractivity (Wildman–Crippen MR) is 142 cm³/mol. The maximum atomic E-state index is 6.86. The molecule has 1 spiro atoms. The first-order chi connectivity index (χ1) is 17.1. The number of pyridine rings is 1. The van der Waals surface area contributed by atoms with Crippen LogP contribution in [0.1, 0.15) is 41.3 Å². The zero-order valence-electron chi connectivity index (χ0n) is 19.3. The fraction of sp³-hybridized carbons (Fsp3) is 0.233. The molecule has 1 aromatic heterocycles. The van der Waals surface area contributed by atoms with E-state index in [0.29, 0.717) is 10.0 Å². The van der Waals surface area contributed by atoms with Crippen molar-refractivity contribution >= 4 is 23.2 Å². The van der Waals surface area contributed by atoms with Gasteiger partial charge >= 0.3 is 0 Å². The summed E-state index contributed by atoms with van der Waals surface area (Å²) in [5.74, 6) is 0. The second kappa shape index (κ2) is 9.40. The van der Waals surface area contributed by atoms with Gasteiger partial charge in [0.1, 0.15) is 6.10 Å². The second-order valence-corrected chi connectivity index (χ2v) is 10.3. The highest BCUT2D eigenvalue weighted by atomic mass is 35.5. The molecule has 0 aliphatic carbocycles. The maximum absolute atomic E-state index is 6.86. The van der Waals surface area contributed by atoms with Crippen LogP contribution in [0.25, 0.3) is 11.1 Å². The lowest BCUT2D eigenvalue weighted by molar-refractivity contribution is -0.0979. The molecule has 5 heteroatoms. The molecule has 1 fully saturated rings. The Labute approximate surface area is 216 Å². The van der Waals surface area contributed by atoms with Gasteiger partial charge in [0.05, 0.1) is 11.3 Å². The summed E-state index contributed by atoms with van der Waals surface area (Å²) in [6, 6.07) is 29.0. The topological polar surface area (TPSA) is 25.4 Å². The van der Waals surface area contributed by atoms with E-state index in [-0.39, 0.29) is 11.7 Å². The van der Waals surface area contributed by atoms with Gasteiger partial charge in [-0.3, -0.25) is 9.88 Å². The third kappa shape index (κ3) is 4.50. The smallest absolute Gasteiger partial charge is 0.109 e. The van der Waals surface area contributed by atoms with Crippen LogP contribution >= 0.6 is 23.2 Å².